The van der Waals surface area contributed by atoms with Crippen LogP contribution in [0, 0.1) is 17.0 Å². The zero-order valence-corrected chi connectivity index (χ0v) is 11.4. The number of non-ortho nitro benzene ring substituents is 1. The molecule has 0 amide bonds. The Morgan fingerprint density at radius 2 is 2.24 bits per heavy atom. The molecule has 8 nitrogen and oxygen atoms in total. The molecule has 0 fully saturated rings. The van der Waals surface area contributed by atoms with Crippen molar-refractivity contribution in [2.24, 2.45) is 0 Å². The third kappa shape index (κ3) is 3.35. The molecule has 1 aromatic carbocycles. The van der Waals surface area contributed by atoms with E-state index in [4.69, 9.17) is 13.9 Å². The number of carbonyl (C=O) groups is 1. The number of aromatic nitrogens is 1. The van der Waals surface area contributed by atoms with Crippen LogP contribution >= 0.6 is 0 Å². The molecular formula is C13H12N2O6. The number of nitro benzene ring substituents is 1. The Morgan fingerprint density at radius 3 is 2.90 bits per heavy atom. The first-order valence-electron chi connectivity index (χ1n) is 6.06. The van der Waals surface area contributed by atoms with Crippen LogP contribution in [-0.4, -0.2) is 22.5 Å². The number of nitrogens with zero attached hydrogens (tertiary/aromatic N) is 2. The molecule has 0 aliphatic heterocycles. The van der Waals surface area contributed by atoms with Crippen molar-refractivity contribution in [2.75, 3.05) is 6.61 Å². The summed E-state index contributed by atoms with van der Waals surface area (Å²) in [5.74, 6) is -0.409. The zero-order chi connectivity index (χ0) is 15.4. The number of hydrogen-bond acceptors (Lipinski definition) is 7. The lowest BCUT2D eigenvalue weighted by Crippen LogP contribution is -2.04. The largest absolute Gasteiger partial charge is 0.461 e. The van der Waals surface area contributed by atoms with E-state index in [-0.39, 0.29) is 29.8 Å². The normalized spacial score (nSPS) is 10.2. The highest BCUT2D eigenvalue weighted by atomic mass is 16.6. The van der Waals surface area contributed by atoms with Crippen LogP contribution in [-0.2, 0) is 4.74 Å². The first-order chi connectivity index (χ1) is 10.0. The maximum Gasteiger partial charge on any atom is 0.399 e. The predicted octanol–water partition coefficient (Wildman–Crippen LogP) is 2.86. The molecule has 110 valence electrons. The summed E-state index contributed by atoms with van der Waals surface area (Å²) >= 11 is 0. The summed E-state index contributed by atoms with van der Waals surface area (Å²) in [4.78, 5) is 25.4. The highest BCUT2D eigenvalue weighted by Crippen LogP contribution is 2.28. The fourth-order valence-corrected chi connectivity index (χ4v) is 1.51. The first kappa shape index (κ1) is 14.5. The molecule has 0 aliphatic rings. The summed E-state index contributed by atoms with van der Waals surface area (Å²) in [6.07, 6.45) is 0.904. The van der Waals surface area contributed by atoms with Crippen LogP contribution in [0.15, 0.2) is 28.9 Å². The van der Waals surface area contributed by atoms with Crippen molar-refractivity contribution >= 4 is 11.7 Å². The average molecular weight is 292 g/mol. The van der Waals surface area contributed by atoms with Crippen molar-refractivity contribution in [1.29, 1.82) is 0 Å². The number of rotatable bonds is 5. The Balaban J connectivity index is 2.20. The molecule has 0 radical (unpaired) electrons. The Labute approximate surface area is 119 Å². The molecule has 2 rings (SSSR count). The van der Waals surface area contributed by atoms with Crippen molar-refractivity contribution < 1.29 is 23.6 Å². The van der Waals surface area contributed by atoms with E-state index in [1.54, 1.807) is 19.9 Å². The maximum absolute atomic E-state index is 11.4. The van der Waals surface area contributed by atoms with E-state index in [0.29, 0.717) is 5.56 Å². The molecule has 2 aromatic rings. The first-order valence-corrected chi connectivity index (χ1v) is 6.06. The smallest absolute Gasteiger partial charge is 0.399 e. The number of nitro groups is 1. The van der Waals surface area contributed by atoms with Gasteiger partial charge in [-0.3, -0.25) is 10.1 Å². The minimum absolute atomic E-state index is 0.0325. The number of benzene rings is 1. The SMILES string of the molecule is CCOC(=O)c1coc(Oc2cc([N+](=O)[O-])ccc2C)n1. The number of carbonyl (C=O) groups excluding carboxylic acids is 1. The average Bonchev–Trinajstić information content (AvgIpc) is 2.90. The van der Waals surface area contributed by atoms with E-state index in [1.807, 2.05) is 0 Å². The number of oxazole rings is 1. The Morgan fingerprint density at radius 1 is 1.48 bits per heavy atom. The van der Waals surface area contributed by atoms with E-state index in [0.717, 1.165) is 6.26 Å². The van der Waals surface area contributed by atoms with Gasteiger partial charge >= 0.3 is 12.0 Å². The van der Waals surface area contributed by atoms with Crippen molar-refractivity contribution in [3.05, 3.63) is 45.8 Å². The molecule has 0 N–H and O–H groups in total. The van der Waals surface area contributed by atoms with Crippen LogP contribution in [0.25, 0.3) is 0 Å². The van der Waals surface area contributed by atoms with Crippen molar-refractivity contribution in [2.45, 2.75) is 13.8 Å². The van der Waals surface area contributed by atoms with Gasteiger partial charge in [0.05, 0.1) is 17.6 Å². The molecule has 0 saturated carbocycles. The molecule has 1 heterocycles. The molecule has 8 heteroatoms. The lowest BCUT2D eigenvalue weighted by molar-refractivity contribution is -0.384. The van der Waals surface area contributed by atoms with E-state index < -0.39 is 10.9 Å². The van der Waals surface area contributed by atoms with Gasteiger partial charge in [-0.05, 0) is 25.5 Å². The summed E-state index contributed by atoms with van der Waals surface area (Å²) in [6.45, 7) is 3.60. The molecular weight excluding hydrogens is 280 g/mol. The molecule has 0 unspecified atom stereocenters. The number of esters is 1. The minimum Gasteiger partial charge on any atom is -0.461 e. The second kappa shape index (κ2) is 6.04. The van der Waals surface area contributed by atoms with Gasteiger partial charge in [0.15, 0.2) is 5.69 Å². The third-order valence-electron chi connectivity index (χ3n) is 2.55. The van der Waals surface area contributed by atoms with Crippen molar-refractivity contribution in [3.63, 3.8) is 0 Å². The van der Waals surface area contributed by atoms with Crippen LogP contribution in [0.2, 0.25) is 0 Å². The van der Waals surface area contributed by atoms with Gasteiger partial charge in [-0.25, -0.2) is 4.79 Å². The van der Waals surface area contributed by atoms with Gasteiger partial charge in [-0.2, -0.15) is 4.98 Å². The summed E-state index contributed by atoms with van der Waals surface area (Å²) in [7, 11) is 0. The predicted molar refractivity (Wildman–Crippen MR) is 70.4 cm³/mol. The number of hydrogen-bond donors (Lipinski definition) is 0. The molecule has 0 aliphatic carbocycles. The fourth-order valence-electron chi connectivity index (χ4n) is 1.51. The Hall–Kier alpha value is -2.90. The zero-order valence-electron chi connectivity index (χ0n) is 11.4. The second-order valence-electron chi connectivity index (χ2n) is 4.03. The fraction of sp³-hybridized carbons (Fsp3) is 0.231. The minimum atomic E-state index is -0.633. The third-order valence-corrected chi connectivity index (χ3v) is 2.55. The summed E-state index contributed by atoms with van der Waals surface area (Å²) in [5.41, 5.74) is 0.513. The quantitative estimate of drug-likeness (QED) is 0.474. The van der Waals surface area contributed by atoms with E-state index in [9.17, 15) is 14.9 Å². The van der Waals surface area contributed by atoms with Crippen molar-refractivity contribution in [3.8, 4) is 11.8 Å². The van der Waals surface area contributed by atoms with Crippen LogP contribution in [0.5, 0.6) is 11.8 Å². The van der Waals surface area contributed by atoms with Gasteiger partial charge in [0, 0.05) is 6.07 Å². The maximum atomic E-state index is 11.4. The van der Waals surface area contributed by atoms with Gasteiger partial charge in [-0.1, -0.05) is 0 Å². The lowest BCUT2D eigenvalue weighted by Gasteiger charge is -2.04. The van der Waals surface area contributed by atoms with Gasteiger partial charge < -0.3 is 13.9 Å². The van der Waals surface area contributed by atoms with Crippen molar-refractivity contribution in [1.82, 2.24) is 4.98 Å². The molecule has 0 bridgehead atoms. The number of aryl methyl sites for hydroxylation is 1. The highest BCUT2D eigenvalue weighted by Gasteiger charge is 2.16. The van der Waals surface area contributed by atoms with Gasteiger partial charge in [0.25, 0.3) is 5.69 Å². The molecule has 0 saturated heterocycles. The van der Waals surface area contributed by atoms with E-state index in [2.05, 4.69) is 4.98 Å². The molecule has 0 atom stereocenters. The number of ether oxygens (including phenoxy) is 2. The topological polar surface area (TPSA) is 105 Å². The Bertz CT molecular complexity index is 679. The lowest BCUT2D eigenvalue weighted by atomic mass is 10.2. The van der Waals surface area contributed by atoms with E-state index in [1.165, 1.54) is 12.1 Å². The highest BCUT2D eigenvalue weighted by molar-refractivity contribution is 5.86. The van der Waals surface area contributed by atoms with Crippen LogP contribution in [0.4, 0.5) is 5.69 Å². The van der Waals surface area contributed by atoms with Crippen LogP contribution in [0.3, 0.4) is 0 Å². The summed E-state index contributed by atoms with van der Waals surface area (Å²) in [5, 5.41) is 10.7. The standard InChI is InChI=1S/C13H12N2O6/c1-3-19-12(16)10-7-20-13(14-10)21-11-6-9(15(17)18)5-4-8(11)2/h4-7H,3H2,1-2H3. The molecule has 21 heavy (non-hydrogen) atoms. The van der Waals surface area contributed by atoms with Crippen LogP contribution < -0.4 is 4.74 Å². The molecule has 0 spiro atoms. The molecule has 1 aromatic heterocycles. The van der Waals surface area contributed by atoms with Crippen LogP contribution in [0.1, 0.15) is 23.0 Å². The second-order valence-corrected chi connectivity index (χ2v) is 4.03. The van der Waals surface area contributed by atoms with Gasteiger partial charge in [0.1, 0.15) is 12.0 Å². The summed E-state index contributed by atoms with van der Waals surface area (Å²) < 4.78 is 15.1. The van der Waals surface area contributed by atoms with E-state index >= 15 is 0 Å². The van der Waals surface area contributed by atoms with Gasteiger partial charge in [0.2, 0.25) is 0 Å². The summed E-state index contributed by atoms with van der Waals surface area (Å²) in [6, 6.07) is 4.16. The van der Waals surface area contributed by atoms with Gasteiger partial charge in [-0.15, -0.1) is 0 Å². The monoisotopic (exact) mass is 292 g/mol. The Kier molecular flexibility index (Phi) is 4.17.